The Morgan fingerprint density at radius 2 is 1.71 bits per heavy atom. The van der Waals surface area contributed by atoms with Crippen LogP contribution in [0.3, 0.4) is 0 Å². The maximum Gasteiger partial charge on any atom is 0.0223 e. The Hall–Kier alpha value is 0.250. The van der Waals surface area contributed by atoms with Crippen molar-refractivity contribution in [1.82, 2.24) is 4.90 Å². The summed E-state index contributed by atoms with van der Waals surface area (Å²) in [4.78, 5) is 2.47. The summed E-state index contributed by atoms with van der Waals surface area (Å²) in [7, 11) is 2.23. The van der Waals surface area contributed by atoms with Gasteiger partial charge >= 0.3 is 0 Å². The summed E-state index contributed by atoms with van der Waals surface area (Å²) < 4.78 is 0. The molecule has 1 nitrogen and oxygen atoms in total. The fourth-order valence-corrected chi connectivity index (χ4v) is 1.90. The van der Waals surface area contributed by atoms with Crippen LogP contribution in [0.15, 0.2) is 0 Å². The first-order chi connectivity index (χ1) is 6.57. The Morgan fingerprint density at radius 1 is 1.07 bits per heavy atom. The van der Waals surface area contributed by atoms with E-state index in [1.54, 1.807) is 0 Å². The molecule has 2 heteroatoms. The van der Waals surface area contributed by atoms with E-state index in [-0.39, 0.29) is 0 Å². The van der Waals surface area contributed by atoms with Crippen LogP contribution in [0.2, 0.25) is 0 Å². The first-order valence-electron chi connectivity index (χ1n) is 5.84. The van der Waals surface area contributed by atoms with Crippen molar-refractivity contribution in [2.24, 2.45) is 5.92 Å². The first kappa shape index (κ1) is 14.2. The van der Waals surface area contributed by atoms with Gasteiger partial charge in [-0.15, -0.1) is 11.6 Å². The monoisotopic (exact) mass is 219 g/mol. The first-order valence-corrected chi connectivity index (χ1v) is 6.37. The number of rotatable bonds is 8. The molecule has 0 saturated carbocycles. The lowest BCUT2D eigenvalue weighted by atomic mass is 10.0. The van der Waals surface area contributed by atoms with Crippen molar-refractivity contribution < 1.29 is 0 Å². The number of nitrogens with zero attached hydrogens (tertiary/aromatic N) is 1. The van der Waals surface area contributed by atoms with Crippen molar-refractivity contribution in [3.8, 4) is 0 Å². The summed E-state index contributed by atoms with van der Waals surface area (Å²) in [6.45, 7) is 8.11. The predicted molar refractivity (Wildman–Crippen MR) is 66.1 cm³/mol. The van der Waals surface area contributed by atoms with Gasteiger partial charge in [0.1, 0.15) is 0 Å². The van der Waals surface area contributed by atoms with Crippen molar-refractivity contribution >= 4 is 11.6 Å². The minimum absolute atomic E-state index is 0.714. The molecule has 0 aromatic carbocycles. The topological polar surface area (TPSA) is 3.24 Å². The van der Waals surface area contributed by atoms with Gasteiger partial charge in [-0.05, 0) is 45.7 Å². The molecule has 0 heterocycles. The van der Waals surface area contributed by atoms with E-state index >= 15 is 0 Å². The molecule has 0 aromatic rings. The fraction of sp³-hybridized carbons (Fsp3) is 1.00. The van der Waals surface area contributed by atoms with Crippen LogP contribution in [-0.2, 0) is 0 Å². The minimum Gasteiger partial charge on any atom is -0.304 e. The number of unbranched alkanes of at least 4 members (excludes halogenated alkanes) is 2. The quantitative estimate of drug-likeness (QED) is 0.444. The van der Waals surface area contributed by atoms with Gasteiger partial charge in [-0.1, -0.05) is 20.3 Å². The Bertz CT molecular complexity index is 125. The molecular formula is C12H26ClN. The lowest BCUT2D eigenvalue weighted by Gasteiger charge is -2.26. The Kier molecular flexibility index (Phi) is 8.70. The Labute approximate surface area is 94.8 Å². The summed E-state index contributed by atoms with van der Waals surface area (Å²) in [6.07, 6.45) is 5.01. The third-order valence-electron chi connectivity index (χ3n) is 2.71. The highest BCUT2D eigenvalue weighted by molar-refractivity contribution is 6.17. The third kappa shape index (κ3) is 7.64. The molecule has 0 radical (unpaired) electrons. The third-order valence-corrected chi connectivity index (χ3v) is 2.98. The van der Waals surface area contributed by atoms with Gasteiger partial charge in [0, 0.05) is 11.9 Å². The summed E-state index contributed by atoms with van der Waals surface area (Å²) in [5, 5.41) is 0. The number of hydrogen-bond acceptors (Lipinski definition) is 1. The molecule has 0 aliphatic heterocycles. The number of hydrogen-bond donors (Lipinski definition) is 0. The molecule has 0 aliphatic rings. The molecule has 1 atom stereocenters. The molecule has 0 bridgehead atoms. The van der Waals surface area contributed by atoms with Crippen molar-refractivity contribution in [2.45, 2.75) is 52.5 Å². The van der Waals surface area contributed by atoms with Crippen molar-refractivity contribution in [3.05, 3.63) is 0 Å². The molecule has 0 rings (SSSR count). The predicted octanol–water partition coefficient (Wildman–Crippen LogP) is 3.76. The molecule has 0 saturated heterocycles. The van der Waals surface area contributed by atoms with Crippen LogP contribution >= 0.6 is 11.6 Å². The van der Waals surface area contributed by atoms with E-state index in [1.807, 2.05) is 0 Å². The summed E-state index contributed by atoms with van der Waals surface area (Å²) in [6, 6.07) is 0.714. The van der Waals surface area contributed by atoms with Crippen molar-refractivity contribution in [1.29, 1.82) is 0 Å². The van der Waals surface area contributed by atoms with E-state index in [0.717, 1.165) is 18.2 Å². The van der Waals surface area contributed by atoms with Gasteiger partial charge in [-0.25, -0.2) is 0 Å². The molecule has 14 heavy (non-hydrogen) atoms. The lowest BCUT2D eigenvalue weighted by molar-refractivity contribution is 0.224. The highest BCUT2D eigenvalue weighted by Gasteiger charge is 2.09. The fourth-order valence-electron chi connectivity index (χ4n) is 1.72. The lowest BCUT2D eigenvalue weighted by Crippen LogP contribution is -2.31. The van der Waals surface area contributed by atoms with Crippen LogP contribution < -0.4 is 0 Å². The van der Waals surface area contributed by atoms with Gasteiger partial charge in [-0.3, -0.25) is 0 Å². The van der Waals surface area contributed by atoms with Gasteiger partial charge < -0.3 is 4.90 Å². The summed E-state index contributed by atoms with van der Waals surface area (Å²) in [5.41, 5.74) is 0. The molecule has 0 aliphatic carbocycles. The summed E-state index contributed by atoms with van der Waals surface area (Å²) >= 11 is 5.63. The zero-order valence-electron chi connectivity index (χ0n) is 10.2. The molecule has 86 valence electrons. The number of halogens is 1. The van der Waals surface area contributed by atoms with Gasteiger partial charge in [-0.2, -0.15) is 0 Å². The average Bonchev–Trinajstić information content (AvgIpc) is 2.11. The van der Waals surface area contributed by atoms with E-state index in [4.69, 9.17) is 11.6 Å². The van der Waals surface area contributed by atoms with Gasteiger partial charge in [0.05, 0.1) is 0 Å². The van der Waals surface area contributed by atoms with E-state index in [1.165, 1.54) is 25.8 Å². The largest absolute Gasteiger partial charge is 0.304 e. The normalized spacial score (nSPS) is 13.9. The number of alkyl halides is 1. The highest BCUT2D eigenvalue weighted by atomic mass is 35.5. The second-order valence-corrected chi connectivity index (χ2v) is 5.09. The Morgan fingerprint density at radius 3 is 2.21 bits per heavy atom. The van der Waals surface area contributed by atoms with E-state index in [2.05, 4.69) is 32.7 Å². The van der Waals surface area contributed by atoms with Crippen molar-refractivity contribution in [3.63, 3.8) is 0 Å². The minimum atomic E-state index is 0.714. The standard InChI is InChI=1S/C12H26ClN/c1-11(2)10-12(3)14(4)9-7-5-6-8-13/h11-12H,5-10H2,1-4H3. The smallest absolute Gasteiger partial charge is 0.0223 e. The second kappa shape index (κ2) is 8.55. The molecule has 0 N–H and O–H groups in total. The zero-order valence-corrected chi connectivity index (χ0v) is 11.0. The molecule has 0 aromatic heterocycles. The van der Waals surface area contributed by atoms with Crippen LogP contribution in [0.25, 0.3) is 0 Å². The van der Waals surface area contributed by atoms with E-state index < -0.39 is 0 Å². The van der Waals surface area contributed by atoms with Crippen LogP contribution in [0.4, 0.5) is 0 Å². The van der Waals surface area contributed by atoms with Crippen LogP contribution in [-0.4, -0.2) is 30.4 Å². The van der Waals surface area contributed by atoms with E-state index in [9.17, 15) is 0 Å². The average molecular weight is 220 g/mol. The molecule has 1 unspecified atom stereocenters. The van der Waals surface area contributed by atoms with Crippen LogP contribution in [0.1, 0.15) is 46.5 Å². The molecule has 0 spiro atoms. The van der Waals surface area contributed by atoms with Crippen molar-refractivity contribution in [2.75, 3.05) is 19.5 Å². The van der Waals surface area contributed by atoms with Crippen LogP contribution in [0.5, 0.6) is 0 Å². The maximum atomic E-state index is 5.63. The molecule has 0 amide bonds. The molecule has 0 fully saturated rings. The Balaban J connectivity index is 3.46. The van der Waals surface area contributed by atoms with Gasteiger partial charge in [0.2, 0.25) is 0 Å². The van der Waals surface area contributed by atoms with Gasteiger partial charge in [0.25, 0.3) is 0 Å². The van der Waals surface area contributed by atoms with Crippen LogP contribution in [0, 0.1) is 5.92 Å². The van der Waals surface area contributed by atoms with Gasteiger partial charge in [0.15, 0.2) is 0 Å². The zero-order chi connectivity index (χ0) is 11.0. The maximum absolute atomic E-state index is 5.63. The summed E-state index contributed by atoms with van der Waals surface area (Å²) in [5.74, 6) is 1.61. The second-order valence-electron chi connectivity index (χ2n) is 4.71. The molecular weight excluding hydrogens is 194 g/mol. The van der Waals surface area contributed by atoms with E-state index in [0.29, 0.717) is 6.04 Å². The SMILES string of the molecule is CC(C)CC(C)N(C)CCCCCCl. The highest BCUT2D eigenvalue weighted by Crippen LogP contribution is 2.10.